The van der Waals surface area contributed by atoms with Gasteiger partial charge in [0.25, 0.3) is 0 Å². The van der Waals surface area contributed by atoms with Crippen LogP contribution in [0.25, 0.3) is 11.2 Å². The average Bonchev–Trinajstić information content (AvgIpc) is 3.02. The Morgan fingerprint density at radius 3 is 3.16 bits per heavy atom. The number of anilines is 1. The highest BCUT2D eigenvalue weighted by Crippen LogP contribution is 2.31. The van der Waals surface area contributed by atoms with Crippen LogP contribution in [-0.2, 0) is 6.42 Å². The van der Waals surface area contributed by atoms with Gasteiger partial charge in [0, 0.05) is 24.4 Å². The highest BCUT2D eigenvalue weighted by atomic mass is 15.3. The molecule has 1 aliphatic rings. The number of rotatable bonds is 1. The summed E-state index contributed by atoms with van der Waals surface area (Å²) in [4.78, 5) is 12.5. The zero-order valence-corrected chi connectivity index (χ0v) is 9.98. The summed E-state index contributed by atoms with van der Waals surface area (Å²) in [7, 11) is 0. The van der Waals surface area contributed by atoms with Crippen molar-refractivity contribution in [2.75, 3.05) is 5.73 Å². The van der Waals surface area contributed by atoms with Crippen molar-refractivity contribution in [3.05, 3.63) is 53.8 Å². The summed E-state index contributed by atoms with van der Waals surface area (Å²) in [6.07, 6.45) is 8.15. The molecule has 0 radical (unpaired) electrons. The van der Waals surface area contributed by atoms with Crippen LogP contribution in [0.1, 0.15) is 16.8 Å². The van der Waals surface area contributed by atoms with Crippen molar-refractivity contribution in [1.82, 2.24) is 24.6 Å². The summed E-state index contributed by atoms with van der Waals surface area (Å²) in [6.45, 7) is 0. The molecule has 3 aromatic rings. The molecule has 3 heterocycles. The molecule has 0 saturated carbocycles. The molecule has 0 saturated heterocycles. The van der Waals surface area contributed by atoms with Crippen molar-refractivity contribution in [2.45, 2.75) is 6.42 Å². The minimum absolute atomic E-state index is 0.321. The van der Waals surface area contributed by atoms with Gasteiger partial charge in [0.05, 0.1) is 5.69 Å². The van der Waals surface area contributed by atoms with Gasteiger partial charge in [-0.25, -0.2) is 19.5 Å². The van der Waals surface area contributed by atoms with Gasteiger partial charge < -0.3 is 5.73 Å². The van der Waals surface area contributed by atoms with Gasteiger partial charge in [-0.15, -0.1) is 0 Å². The highest BCUT2D eigenvalue weighted by molar-refractivity contribution is 5.84. The van der Waals surface area contributed by atoms with Crippen molar-refractivity contribution in [2.24, 2.45) is 0 Å². The maximum Gasteiger partial charge on any atom is 0.220 e. The molecule has 0 unspecified atom stereocenters. The second-order valence-electron chi connectivity index (χ2n) is 4.39. The first-order valence-electron chi connectivity index (χ1n) is 5.93. The third kappa shape index (κ3) is 1.50. The second-order valence-corrected chi connectivity index (χ2v) is 4.39. The Kier molecular flexibility index (Phi) is 1.94. The van der Waals surface area contributed by atoms with E-state index in [1.807, 2.05) is 18.3 Å². The van der Waals surface area contributed by atoms with Gasteiger partial charge in [-0.3, -0.25) is 0 Å². The van der Waals surface area contributed by atoms with E-state index in [2.05, 4.69) is 26.1 Å². The Morgan fingerprint density at radius 2 is 2.21 bits per heavy atom. The Hall–Kier alpha value is -2.76. The zero-order chi connectivity index (χ0) is 12.8. The fraction of sp³-hybridized carbons (Fsp3) is 0.0769. The molecule has 6 heteroatoms. The maximum atomic E-state index is 5.61. The molecular formula is C13H10N6. The lowest BCUT2D eigenvalue weighted by Gasteiger charge is -2.05. The first-order valence-corrected chi connectivity index (χ1v) is 5.93. The number of nitrogen functional groups attached to an aromatic ring is 1. The summed E-state index contributed by atoms with van der Waals surface area (Å²) in [6, 6.07) is 4.02. The minimum Gasteiger partial charge on any atom is -0.368 e. The van der Waals surface area contributed by atoms with Gasteiger partial charge in [0.15, 0.2) is 5.65 Å². The number of nitrogens with two attached hydrogens (primary N) is 1. The SMILES string of the molecule is Nc1ncc2c(n1)CC=C2c1ccn2ncnc2c1. The van der Waals surface area contributed by atoms with Crippen molar-refractivity contribution in [3.63, 3.8) is 0 Å². The van der Waals surface area contributed by atoms with Crippen LogP contribution in [0, 0.1) is 0 Å². The highest BCUT2D eigenvalue weighted by Gasteiger charge is 2.18. The maximum absolute atomic E-state index is 5.61. The number of nitrogens with zero attached hydrogens (tertiary/aromatic N) is 5. The van der Waals surface area contributed by atoms with Gasteiger partial charge in [0.1, 0.15) is 6.33 Å². The van der Waals surface area contributed by atoms with E-state index in [9.17, 15) is 0 Å². The van der Waals surface area contributed by atoms with Crippen molar-refractivity contribution >= 4 is 17.2 Å². The molecule has 0 amide bonds. The van der Waals surface area contributed by atoms with E-state index in [0.29, 0.717) is 5.95 Å². The summed E-state index contributed by atoms with van der Waals surface area (Å²) in [5.74, 6) is 0.321. The lowest BCUT2D eigenvalue weighted by Crippen LogP contribution is -1.99. The van der Waals surface area contributed by atoms with Gasteiger partial charge in [-0.1, -0.05) is 6.08 Å². The minimum atomic E-state index is 0.321. The first-order chi connectivity index (χ1) is 9.31. The van der Waals surface area contributed by atoms with Crippen molar-refractivity contribution in [3.8, 4) is 0 Å². The van der Waals surface area contributed by atoms with E-state index in [0.717, 1.165) is 34.5 Å². The first kappa shape index (κ1) is 10.2. The van der Waals surface area contributed by atoms with E-state index in [4.69, 9.17) is 5.73 Å². The summed E-state index contributed by atoms with van der Waals surface area (Å²) < 4.78 is 1.74. The van der Waals surface area contributed by atoms with Crippen LogP contribution in [0.2, 0.25) is 0 Å². The number of aromatic nitrogens is 5. The van der Waals surface area contributed by atoms with Gasteiger partial charge >= 0.3 is 0 Å². The smallest absolute Gasteiger partial charge is 0.220 e. The van der Waals surface area contributed by atoms with Crippen LogP contribution in [0.4, 0.5) is 5.95 Å². The Labute approximate surface area is 108 Å². The lowest BCUT2D eigenvalue weighted by molar-refractivity contribution is 0.960. The third-order valence-corrected chi connectivity index (χ3v) is 3.27. The van der Waals surface area contributed by atoms with Gasteiger partial charge in [0.2, 0.25) is 5.95 Å². The molecule has 4 rings (SSSR count). The molecule has 3 aromatic heterocycles. The van der Waals surface area contributed by atoms with E-state index >= 15 is 0 Å². The Bertz CT molecular complexity index is 817. The lowest BCUT2D eigenvalue weighted by atomic mass is 10.0. The van der Waals surface area contributed by atoms with E-state index < -0.39 is 0 Å². The summed E-state index contributed by atoms with van der Waals surface area (Å²) in [5, 5.41) is 4.09. The summed E-state index contributed by atoms with van der Waals surface area (Å²) >= 11 is 0. The molecule has 0 aliphatic heterocycles. The molecule has 2 N–H and O–H groups in total. The quantitative estimate of drug-likeness (QED) is 0.699. The molecular weight excluding hydrogens is 240 g/mol. The Morgan fingerprint density at radius 1 is 1.26 bits per heavy atom. The van der Waals surface area contributed by atoms with E-state index in [1.54, 1.807) is 17.0 Å². The molecule has 1 aliphatic carbocycles. The largest absolute Gasteiger partial charge is 0.368 e. The number of fused-ring (bicyclic) bond motifs is 2. The third-order valence-electron chi connectivity index (χ3n) is 3.27. The average molecular weight is 250 g/mol. The molecule has 0 fully saturated rings. The predicted molar refractivity (Wildman–Crippen MR) is 70.2 cm³/mol. The van der Waals surface area contributed by atoms with Crippen LogP contribution in [-0.4, -0.2) is 24.6 Å². The second kappa shape index (κ2) is 3.61. The van der Waals surface area contributed by atoms with Crippen LogP contribution in [0.3, 0.4) is 0 Å². The molecule has 92 valence electrons. The molecule has 0 aromatic carbocycles. The number of hydrogen-bond acceptors (Lipinski definition) is 5. The normalized spacial score (nSPS) is 13.6. The zero-order valence-electron chi connectivity index (χ0n) is 9.98. The Balaban J connectivity index is 1.86. The molecule has 19 heavy (non-hydrogen) atoms. The fourth-order valence-corrected chi connectivity index (χ4v) is 2.38. The summed E-state index contributed by atoms with van der Waals surface area (Å²) in [5.41, 5.74) is 10.7. The predicted octanol–water partition coefficient (Wildman–Crippen LogP) is 1.09. The number of pyridine rings is 1. The van der Waals surface area contributed by atoms with Gasteiger partial charge in [-0.2, -0.15) is 5.10 Å². The molecule has 0 spiro atoms. The fourth-order valence-electron chi connectivity index (χ4n) is 2.38. The van der Waals surface area contributed by atoms with Crippen LogP contribution in [0.5, 0.6) is 0 Å². The van der Waals surface area contributed by atoms with E-state index in [1.165, 1.54) is 0 Å². The topological polar surface area (TPSA) is 82.0 Å². The van der Waals surface area contributed by atoms with E-state index in [-0.39, 0.29) is 0 Å². The van der Waals surface area contributed by atoms with Crippen molar-refractivity contribution in [1.29, 1.82) is 0 Å². The standard InChI is InChI=1S/C13H10N6/c14-13-15-6-10-9(1-2-11(10)18-13)8-3-4-19-12(5-8)16-7-17-19/h1,3-7H,2H2,(H2,14,15,18). The van der Waals surface area contributed by atoms with Gasteiger partial charge in [-0.05, 0) is 23.3 Å². The molecule has 6 nitrogen and oxygen atoms in total. The van der Waals surface area contributed by atoms with Crippen molar-refractivity contribution < 1.29 is 0 Å². The van der Waals surface area contributed by atoms with Crippen LogP contribution < -0.4 is 5.73 Å². The number of hydrogen-bond donors (Lipinski definition) is 1. The monoisotopic (exact) mass is 250 g/mol. The molecule has 0 bridgehead atoms. The van der Waals surface area contributed by atoms with Crippen LogP contribution >= 0.6 is 0 Å². The number of allylic oxidation sites excluding steroid dienone is 1. The van der Waals surface area contributed by atoms with Crippen LogP contribution in [0.15, 0.2) is 36.9 Å². The molecule has 0 atom stereocenters.